The summed E-state index contributed by atoms with van der Waals surface area (Å²) in [7, 11) is 1.22. The summed E-state index contributed by atoms with van der Waals surface area (Å²) in [4.78, 5) is 0. The van der Waals surface area contributed by atoms with Crippen molar-refractivity contribution >= 4 is 10.2 Å². The van der Waals surface area contributed by atoms with Crippen LogP contribution in [0.5, 0.6) is 0 Å². The fraction of sp³-hybridized carbons (Fsp3) is 0.778. The standard InChI is InChI=1S/C9H22N2Si/c1-7(2)10-5-9(6-12)11-8(3)4/h5,7-8,10-11H,6H2,1-4,12H3. The van der Waals surface area contributed by atoms with E-state index in [1.54, 1.807) is 0 Å². The van der Waals surface area contributed by atoms with E-state index in [4.69, 9.17) is 0 Å². The third-order valence-corrected chi connectivity index (χ3v) is 2.21. The van der Waals surface area contributed by atoms with Crippen molar-refractivity contribution in [3.05, 3.63) is 11.9 Å². The van der Waals surface area contributed by atoms with Gasteiger partial charge in [-0.2, -0.15) is 0 Å². The van der Waals surface area contributed by atoms with Crippen molar-refractivity contribution in [2.45, 2.75) is 45.8 Å². The van der Waals surface area contributed by atoms with Crippen LogP contribution in [0.3, 0.4) is 0 Å². The molecule has 0 radical (unpaired) electrons. The van der Waals surface area contributed by atoms with Gasteiger partial charge in [0.05, 0.1) is 0 Å². The molecule has 0 atom stereocenters. The van der Waals surface area contributed by atoms with Crippen LogP contribution in [0.1, 0.15) is 27.7 Å². The minimum absolute atomic E-state index is 0.530. The van der Waals surface area contributed by atoms with Gasteiger partial charge in [-0.25, -0.2) is 0 Å². The van der Waals surface area contributed by atoms with E-state index < -0.39 is 0 Å². The Morgan fingerprint density at radius 2 is 1.83 bits per heavy atom. The van der Waals surface area contributed by atoms with Crippen LogP contribution in [-0.2, 0) is 0 Å². The van der Waals surface area contributed by atoms with Crippen LogP contribution in [0, 0.1) is 0 Å². The van der Waals surface area contributed by atoms with Gasteiger partial charge < -0.3 is 10.6 Å². The number of hydrogen-bond acceptors (Lipinski definition) is 2. The Hall–Kier alpha value is -0.443. The SMILES string of the molecule is CC(C)NC=C(C[SiH3])NC(C)C. The van der Waals surface area contributed by atoms with Gasteiger partial charge in [0, 0.05) is 34.2 Å². The Morgan fingerprint density at radius 1 is 1.25 bits per heavy atom. The average molecular weight is 186 g/mol. The predicted molar refractivity (Wildman–Crippen MR) is 59.4 cm³/mol. The van der Waals surface area contributed by atoms with Gasteiger partial charge in [0.2, 0.25) is 0 Å². The maximum atomic E-state index is 3.42. The first-order valence-electron chi connectivity index (χ1n) is 4.77. The smallest absolute Gasteiger partial charge is 0.0232 e. The minimum atomic E-state index is 0.530. The molecule has 3 heteroatoms. The average Bonchev–Trinajstić information content (AvgIpc) is 1.97. The van der Waals surface area contributed by atoms with Crippen LogP contribution < -0.4 is 10.6 Å². The van der Waals surface area contributed by atoms with Gasteiger partial charge in [0.15, 0.2) is 0 Å². The third-order valence-electron chi connectivity index (χ3n) is 1.45. The molecule has 0 saturated heterocycles. The van der Waals surface area contributed by atoms with E-state index in [1.807, 2.05) is 0 Å². The van der Waals surface area contributed by atoms with Gasteiger partial charge in [-0.15, -0.1) is 0 Å². The van der Waals surface area contributed by atoms with Crippen LogP contribution in [0.4, 0.5) is 0 Å². The molecule has 0 aromatic carbocycles. The van der Waals surface area contributed by atoms with Crippen molar-refractivity contribution < 1.29 is 0 Å². The topological polar surface area (TPSA) is 24.1 Å². The quantitative estimate of drug-likeness (QED) is 0.615. The highest BCUT2D eigenvalue weighted by Gasteiger charge is 1.96. The van der Waals surface area contributed by atoms with E-state index in [1.165, 1.54) is 22.0 Å². The molecule has 0 spiro atoms. The van der Waals surface area contributed by atoms with Crippen LogP contribution in [0.2, 0.25) is 6.04 Å². The summed E-state index contributed by atoms with van der Waals surface area (Å²) in [5.41, 5.74) is 1.34. The monoisotopic (exact) mass is 186 g/mol. The van der Waals surface area contributed by atoms with E-state index in [-0.39, 0.29) is 0 Å². The summed E-state index contributed by atoms with van der Waals surface area (Å²) in [5, 5.41) is 6.72. The Balaban J connectivity index is 3.87. The van der Waals surface area contributed by atoms with Gasteiger partial charge in [0.25, 0.3) is 0 Å². The highest BCUT2D eigenvalue weighted by Crippen LogP contribution is 1.95. The normalized spacial score (nSPS) is 12.7. The van der Waals surface area contributed by atoms with E-state index in [0.29, 0.717) is 12.1 Å². The van der Waals surface area contributed by atoms with Gasteiger partial charge in [-0.3, -0.25) is 0 Å². The number of hydrogen-bond donors (Lipinski definition) is 2. The summed E-state index contributed by atoms with van der Waals surface area (Å²) >= 11 is 0. The fourth-order valence-electron chi connectivity index (χ4n) is 0.884. The molecule has 0 aliphatic rings. The first-order chi connectivity index (χ1) is 5.56. The highest BCUT2D eigenvalue weighted by molar-refractivity contribution is 6.10. The van der Waals surface area contributed by atoms with Gasteiger partial charge in [-0.05, 0) is 33.7 Å². The second-order valence-electron chi connectivity index (χ2n) is 3.64. The molecule has 0 aromatic rings. The highest BCUT2D eigenvalue weighted by atomic mass is 28.1. The van der Waals surface area contributed by atoms with E-state index in [9.17, 15) is 0 Å². The third kappa shape index (κ3) is 6.28. The van der Waals surface area contributed by atoms with E-state index >= 15 is 0 Å². The predicted octanol–water partition coefficient (Wildman–Crippen LogP) is 0.607. The second-order valence-corrected chi connectivity index (χ2v) is 4.35. The van der Waals surface area contributed by atoms with Crippen molar-refractivity contribution in [2.24, 2.45) is 0 Å². The molecule has 0 heterocycles. The zero-order valence-electron chi connectivity index (χ0n) is 8.94. The van der Waals surface area contributed by atoms with Crippen LogP contribution in [-0.4, -0.2) is 22.3 Å². The molecule has 0 rings (SSSR count). The maximum absolute atomic E-state index is 3.42. The lowest BCUT2D eigenvalue weighted by molar-refractivity contribution is 0.644. The van der Waals surface area contributed by atoms with Gasteiger partial charge in [0.1, 0.15) is 0 Å². The molecule has 2 nitrogen and oxygen atoms in total. The van der Waals surface area contributed by atoms with Crippen molar-refractivity contribution in [3.8, 4) is 0 Å². The summed E-state index contributed by atoms with van der Waals surface area (Å²) in [6, 6.07) is 2.26. The van der Waals surface area contributed by atoms with Crippen LogP contribution >= 0.6 is 0 Å². The molecular weight excluding hydrogens is 164 g/mol. The van der Waals surface area contributed by atoms with Crippen molar-refractivity contribution in [2.75, 3.05) is 0 Å². The summed E-state index contributed by atoms with van der Waals surface area (Å²) in [5.74, 6) is 0. The van der Waals surface area contributed by atoms with Crippen LogP contribution in [0.25, 0.3) is 0 Å². The Labute approximate surface area is 79.2 Å². The van der Waals surface area contributed by atoms with E-state index in [2.05, 4.69) is 44.5 Å². The van der Waals surface area contributed by atoms with Crippen LogP contribution in [0.15, 0.2) is 11.9 Å². The Kier molecular flexibility index (Phi) is 5.89. The lowest BCUT2D eigenvalue weighted by atomic mass is 10.3. The molecule has 0 aliphatic carbocycles. The number of allylic oxidation sites excluding steroid dienone is 1. The minimum Gasteiger partial charge on any atom is -0.387 e. The Morgan fingerprint density at radius 3 is 2.17 bits per heavy atom. The molecule has 0 bridgehead atoms. The van der Waals surface area contributed by atoms with Gasteiger partial charge in [-0.1, -0.05) is 0 Å². The molecule has 0 aromatic heterocycles. The molecule has 72 valence electrons. The number of nitrogens with one attached hydrogen (secondary N) is 2. The summed E-state index contributed by atoms with van der Waals surface area (Å²) in [6.45, 7) is 8.63. The molecule has 0 unspecified atom stereocenters. The Bertz CT molecular complexity index is 141. The fourth-order valence-corrected chi connectivity index (χ4v) is 1.29. The maximum Gasteiger partial charge on any atom is 0.0232 e. The first-order valence-corrected chi connectivity index (χ1v) is 6.19. The molecule has 2 N–H and O–H groups in total. The molecule has 0 fully saturated rings. The molecule has 0 aliphatic heterocycles. The molecule has 0 amide bonds. The molecule has 12 heavy (non-hydrogen) atoms. The zero-order chi connectivity index (χ0) is 9.56. The molecular formula is C9H22N2Si. The zero-order valence-corrected chi connectivity index (χ0v) is 10.9. The lowest BCUT2D eigenvalue weighted by Crippen LogP contribution is -2.25. The van der Waals surface area contributed by atoms with Crippen molar-refractivity contribution in [1.82, 2.24) is 10.6 Å². The van der Waals surface area contributed by atoms with Gasteiger partial charge >= 0.3 is 0 Å². The summed E-state index contributed by atoms with van der Waals surface area (Å²) < 4.78 is 0. The second kappa shape index (κ2) is 6.12. The molecule has 0 saturated carbocycles. The largest absolute Gasteiger partial charge is 0.387 e. The lowest BCUT2D eigenvalue weighted by Gasteiger charge is -2.14. The first kappa shape index (κ1) is 11.6. The van der Waals surface area contributed by atoms with E-state index in [0.717, 1.165) is 0 Å². The summed E-state index contributed by atoms with van der Waals surface area (Å²) in [6.07, 6.45) is 2.11. The van der Waals surface area contributed by atoms with Crippen molar-refractivity contribution in [3.63, 3.8) is 0 Å². The number of rotatable bonds is 5. The van der Waals surface area contributed by atoms with Crippen molar-refractivity contribution in [1.29, 1.82) is 0 Å².